The lowest BCUT2D eigenvalue weighted by Crippen LogP contribution is -2.28. The van der Waals surface area contributed by atoms with Gasteiger partial charge in [0.05, 0.1) is 11.8 Å². The number of carbonyl (C=O) groups is 1. The number of nitrogens with one attached hydrogen (secondary N) is 1. The van der Waals surface area contributed by atoms with Gasteiger partial charge in [-0.3, -0.25) is 4.79 Å². The first-order chi connectivity index (χ1) is 9.66. The number of para-hydroxylation sites is 1. The summed E-state index contributed by atoms with van der Waals surface area (Å²) in [7, 11) is 0. The molecule has 4 heteroatoms. The largest absolute Gasteiger partial charge is 0.398 e. The Morgan fingerprint density at radius 2 is 1.80 bits per heavy atom. The Hall–Kier alpha value is -1.94. The molecule has 3 nitrogen and oxygen atoms in total. The highest BCUT2D eigenvalue weighted by Crippen LogP contribution is 2.24. The van der Waals surface area contributed by atoms with Crippen LogP contribution in [-0.2, 0) is 4.79 Å². The summed E-state index contributed by atoms with van der Waals surface area (Å²) in [6.07, 6.45) is 0. The van der Waals surface area contributed by atoms with Crippen molar-refractivity contribution in [2.75, 3.05) is 11.5 Å². The van der Waals surface area contributed by atoms with Crippen molar-refractivity contribution in [3.05, 3.63) is 60.2 Å². The molecule has 0 saturated heterocycles. The maximum atomic E-state index is 11.9. The summed E-state index contributed by atoms with van der Waals surface area (Å²) in [6, 6.07) is 17.5. The number of rotatable bonds is 5. The summed E-state index contributed by atoms with van der Waals surface area (Å²) >= 11 is 1.46. The first kappa shape index (κ1) is 14.5. The summed E-state index contributed by atoms with van der Waals surface area (Å²) in [5, 5.41) is 2.99. The molecule has 0 aliphatic carbocycles. The third-order valence-electron chi connectivity index (χ3n) is 2.95. The van der Waals surface area contributed by atoms with E-state index in [4.69, 9.17) is 5.73 Å². The zero-order chi connectivity index (χ0) is 14.4. The second kappa shape index (κ2) is 7.01. The monoisotopic (exact) mass is 286 g/mol. The fourth-order valence-corrected chi connectivity index (χ4v) is 2.64. The van der Waals surface area contributed by atoms with Gasteiger partial charge in [0.25, 0.3) is 0 Å². The van der Waals surface area contributed by atoms with Crippen LogP contribution in [0.3, 0.4) is 0 Å². The van der Waals surface area contributed by atoms with Crippen LogP contribution < -0.4 is 11.1 Å². The Bertz CT molecular complexity index is 572. The molecule has 2 aromatic rings. The Kier molecular flexibility index (Phi) is 5.07. The molecule has 0 bridgehead atoms. The van der Waals surface area contributed by atoms with Crippen LogP contribution in [0.2, 0.25) is 0 Å². The van der Waals surface area contributed by atoms with E-state index >= 15 is 0 Å². The zero-order valence-corrected chi connectivity index (χ0v) is 12.2. The van der Waals surface area contributed by atoms with Crippen molar-refractivity contribution in [1.29, 1.82) is 0 Å². The minimum Gasteiger partial charge on any atom is -0.398 e. The number of carbonyl (C=O) groups excluding carboxylic acids is 1. The van der Waals surface area contributed by atoms with Crippen molar-refractivity contribution >= 4 is 23.4 Å². The standard InChI is InChI=1S/C16H18N2OS/c1-12(13-7-3-2-4-8-13)18-16(19)11-20-15-10-6-5-9-14(15)17/h2-10,12H,11,17H2,1H3,(H,18,19)/t12-/m1/s1. The molecule has 0 aromatic heterocycles. The van der Waals surface area contributed by atoms with Gasteiger partial charge >= 0.3 is 0 Å². The summed E-state index contributed by atoms with van der Waals surface area (Å²) in [6.45, 7) is 1.98. The summed E-state index contributed by atoms with van der Waals surface area (Å²) in [4.78, 5) is 12.9. The molecule has 0 unspecified atom stereocenters. The van der Waals surface area contributed by atoms with Crippen molar-refractivity contribution in [1.82, 2.24) is 5.32 Å². The van der Waals surface area contributed by atoms with E-state index in [0.717, 1.165) is 10.5 Å². The van der Waals surface area contributed by atoms with Crippen molar-refractivity contribution in [3.8, 4) is 0 Å². The van der Waals surface area contributed by atoms with Crippen molar-refractivity contribution < 1.29 is 4.79 Å². The molecule has 3 N–H and O–H groups in total. The zero-order valence-electron chi connectivity index (χ0n) is 11.4. The van der Waals surface area contributed by atoms with Crippen LogP contribution in [0.1, 0.15) is 18.5 Å². The highest BCUT2D eigenvalue weighted by Gasteiger charge is 2.10. The van der Waals surface area contributed by atoms with Crippen LogP contribution in [0.15, 0.2) is 59.5 Å². The molecule has 2 aromatic carbocycles. The molecule has 0 heterocycles. The van der Waals surface area contributed by atoms with Gasteiger partial charge in [0.2, 0.25) is 5.91 Å². The average molecular weight is 286 g/mol. The molecular weight excluding hydrogens is 268 g/mol. The van der Waals surface area contributed by atoms with Gasteiger partial charge in [0, 0.05) is 10.6 Å². The second-order valence-corrected chi connectivity index (χ2v) is 5.54. The van der Waals surface area contributed by atoms with Gasteiger partial charge in [-0.1, -0.05) is 42.5 Å². The van der Waals surface area contributed by atoms with E-state index in [2.05, 4.69) is 5.32 Å². The molecular formula is C16H18N2OS. The van der Waals surface area contributed by atoms with Gasteiger partial charge in [0.15, 0.2) is 0 Å². The summed E-state index contributed by atoms with van der Waals surface area (Å²) in [5.74, 6) is 0.375. The number of anilines is 1. The number of hydrogen-bond donors (Lipinski definition) is 2. The predicted molar refractivity (Wildman–Crippen MR) is 84.6 cm³/mol. The Labute approximate surface area is 123 Å². The predicted octanol–water partition coefficient (Wildman–Crippen LogP) is 3.24. The van der Waals surface area contributed by atoms with E-state index < -0.39 is 0 Å². The Morgan fingerprint density at radius 1 is 1.15 bits per heavy atom. The first-order valence-electron chi connectivity index (χ1n) is 6.48. The number of thioether (sulfide) groups is 1. The molecule has 0 spiro atoms. The van der Waals surface area contributed by atoms with Crippen LogP contribution in [0.25, 0.3) is 0 Å². The Morgan fingerprint density at radius 3 is 2.50 bits per heavy atom. The van der Waals surface area contributed by atoms with Crippen LogP contribution in [0.5, 0.6) is 0 Å². The second-order valence-electron chi connectivity index (χ2n) is 4.53. The molecule has 0 aliphatic rings. The van der Waals surface area contributed by atoms with Gasteiger partial charge in [0.1, 0.15) is 0 Å². The maximum Gasteiger partial charge on any atom is 0.230 e. The van der Waals surface area contributed by atoms with Gasteiger partial charge in [-0.15, -0.1) is 11.8 Å². The average Bonchev–Trinajstić information content (AvgIpc) is 2.47. The molecule has 104 valence electrons. The van der Waals surface area contributed by atoms with E-state index in [1.165, 1.54) is 11.8 Å². The molecule has 1 atom stereocenters. The number of hydrogen-bond acceptors (Lipinski definition) is 3. The quantitative estimate of drug-likeness (QED) is 0.655. The normalized spacial score (nSPS) is 11.8. The molecule has 2 rings (SSSR count). The molecule has 0 aliphatic heterocycles. The lowest BCUT2D eigenvalue weighted by atomic mass is 10.1. The third kappa shape index (κ3) is 4.03. The van der Waals surface area contributed by atoms with Gasteiger partial charge in [-0.25, -0.2) is 0 Å². The van der Waals surface area contributed by atoms with Crippen LogP contribution in [-0.4, -0.2) is 11.7 Å². The Balaban J connectivity index is 1.86. The van der Waals surface area contributed by atoms with E-state index in [-0.39, 0.29) is 11.9 Å². The van der Waals surface area contributed by atoms with Crippen LogP contribution in [0.4, 0.5) is 5.69 Å². The maximum absolute atomic E-state index is 11.9. The van der Waals surface area contributed by atoms with Gasteiger partial charge in [-0.2, -0.15) is 0 Å². The van der Waals surface area contributed by atoms with Crippen molar-refractivity contribution in [2.24, 2.45) is 0 Å². The lowest BCUT2D eigenvalue weighted by Gasteiger charge is -2.14. The molecule has 0 saturated carbocycles. The fraction of sp³-hybridized carbons (Fsp3) is 0.188. The number of benzene rings is 2. The summed E-state index contributed by atoms with van der Waals surface area (Å²) in [5.41, 5.74) is 7.66. The number of nitrogens with two attached hydrogens (primary N) is 1. The van der Waals surface area contributed by atoms with Gasteiger partial charge in [-0.05, 0) is 24.6 Å². The molecule has 0 fully saturated rings. The van der Waals surface area contributed by atoms with E-state index in [0.29, 0.717) is 11.4 Å². The third-order valence-corrected chi connectivity index (χ3v) is 4.04. The van der Waals surface area contributed by atoms with E-state index in [9.17, 15) is 4.79 Å². The lowest BCUT2D eigenvalue weighted by molar-refractivity contribution is -0.119. The smallest absolute Gasteiger partial charge is 0.230 e. The minimum atomic E-state index is 0.00889. The van der Waals surface area contributed by atoms with Gasteiger partial charge < -0.3 is 11.1 Å². The SMILES string of the molecule is C[C@@H](NC(=O)CSc1ccccc1N)c1ccccc1. The topological polar surface area (TPSA) is 55.1 Å². The highest BCUT2D eigenvalue weighted by molar-refractivity contribution is 8.00. The van der Waals surface area contributed by atoms with Crippen LogP contribution in [0, 0.1) is 0 Å². The highest BCUT2D eigenvalue weighted by atomic mass is 32.2. The molecule has 0 radical (unpaired) electrons. The van der Waals surface area contributed by atoms with E-state index in [1.807, 2.05) is 61.5 Å². The minimum absolute atomic E-state index is 0.00889. The molecule has 1 amide bonds. The molecule has 20 heavy (non-hydrogen) atoms. The fourth-order valence-electron chi connectivity index (χ4n) is 1.86. The van der Waals surface area contributed by atoms with Crippen LogP contribution >= 0.6 is 11.8 Å². The number of nitrogen functional groups attached to an aromatic ring is 1. The number of amides is 1. The van der Waals surface area contributed by atoms with Crippen molar-refractivity contribution in [2.45, 2.75) is 17.9 Å². The first-order valence-corrected chi connectivity index (χ1v) is 7.47. The summed E-state index contributed by atoms with van der Waals surface area (Å²) < 4.78 is 0. The van der Waals surface area contributed by atoms with Crippen molar-refractivity contribution in [3.63, 3.8) is 0 Å². The van der Waals surface area contributed by atoms with E-state index in [1.54, 1.807) is 0 Å².